The molecular formula is C11H12O2S2. The first-order valence-electron chi connectivity index (χ1n) is 4.52. The van der Waals surface area contributed by atoms with Crippen LogP contribution >= 0.6 is 23.5 Å². The average Bonchev–Trinajstić information content (AvgIpc) is 2.92. The van der Waals surface area contributed by atoms with E-state index in [4.69, 9.17) is 8.83 Å². The third kappa shape index (κ3) is 1.72. The molecule has 2 nitrogen and oxygen atoms in total. The summed E-state index contributed by atoms with van der Waals surface area (Å²) in [6, 6.07) is 7.77. The van der Waals surface area contributed by atoms with Crippen LogP contribution in [0.25, 0.3) is 0 Å². The third-order valence-corrected chi connectivity index (χ3v) is 5.22. The predicted molar refractivity (Wildman–Crippen MR) is 65.2 cm³/mol. The minimum absolute atomic E-state index is 0.271. The number of furan rings is 2. The van der Waals surface area contributed by atoms with E-state index in [2.05, 4.69) is 12.5 Å². The second kappa shape index (κ2) is 4.41. The molecule has 0 aliphatic rings. The van der Waals surface area contributed by atoms with Gasteiger partial charge in [-0.1, -0.05) is 0 Å². The molecule has 0 radical (unpaired) electrons. The molecule has 2 rings (SSSR count). The largest absolute Gasteiger partial charge is 0.466 e. The van der Waals surface area contributed by atoms with Crippen LogP contribution in [-0.4, -0.2) is 12.5 Å². The van der Waals surface area contributed by atoms with Crippen LogP contribution in [0.1, 0.15) is 11.5 Å². The molecule has 2 heterocycles. The summed E-state index contributed by atoms with van der Waals surface area (Å²) in [7, 11) is 0. The second-order valence-electron chi connectivity index (χ2n) is 2.98. The van der Waals surface area contributed by atoms with Gasteiger partial charge in [0.05, 0.1) is 12.5 Å². The van der Waals surface area contributed by atoms with Gasteiger partial charge in [-0.3, -0.25) is 0 Å². The van der Waals surface area contributed by atoms with E-state index in [9.17, 15) is 0 Å². The number of hydrogen-bond donors (Lipinski definition) is 0. The maximum Gasteiger partial charge on any atom is 0.176 e. The van der Waals surface area contributed by atoms with Crippen molar-refractivity contribution in [1.29, 1.82) is 0 Å². The molecule has 0 unspecified atom stereocenters. The fourth-order valence-corrected chi connectivity index (χ4v) is 3.47. The first kappa shape index (κ1) is 10.8. The van der Waals surface area contributed by atoms with Gasteiger partial charge in [0.25, 0.3) is 0 Å². The SMILES string of the molecule is CSC(SC)(c1ccco1)c1ccco1. The molecule has 2 aromatic heterocycles. The zero-order valence-electron chi connectivity index (χ0n) is 8.60. The lowest BCUT2D eigenvalue weighted by Crippen LogP contribution is -2.16. The summed E-state index contributed by atoms with van der Waals surface area (Å²) in [5.74, 6) is 1.83. The van der Waals surface area contributed by atoms with E-state index >= 15 is 0 Å². The lowest BCUT2D eigenvalue weighted by atomic mass is 10.2. The summed E-state index contributed by atoms with van der Waals surface area (Å²) in [6.07, 6.45) is 7.50. The summed E-state index contributed by atoms with van der Waals surface area (Å²) in [5.41, 5.74) is 0. The van der Waals surface area contributed by atoms with Gasteiger partial charge in [-0.05, 0) is 36.8 Å². The molecule has 0 saturated heterocycles. The van der Waals surface area contributed by atoms with Crippen LogP contribution in [0, 0.1) is 0 Å². The summed E-state index contributed by atoms with van der Waals surface area (Å²) < 4.78 is 10.7. The first-order chi connectivity index (χ1) is 7.33. The van der Waals surface area contributed by atoms with Crippen LogP contribution in [0.2, 0.25) is 0 Å². The molecule has 0 spiro atoms. The molecule has 0 atom stereocenters. The van der Waals surface area contributed by atoms with Crippen molar-refractivity contribution in [3.05, 3.63) is 48.3 Å². The molecule has 80 valence electrons. The Morgan fingerprint density at radius 3 is 1.67 bits per heavy atom. The van der Waals surface area contributed by atoms with E-state index in [-0.39, 0.29) is 4.08 Å². The Morgan fingerprint density at radius 1 is 0.933 bits per heavy atom. The fraction of sp³-hybridized carbons (Fsp3) is 0.273. The van der Waals surface area contributed by atoms with E-state index in [1.807, 2.05) is 24.3 Å². The fourth-order valence-electron chi connectivity index (χ4n) is 1.54. The highest BCUT2D eigenvalue weighted by molar-refractivity contribution is 8.17. The van der Waals surface area contributed by atoms with E-state index in [1.54, 1.807) is 36.1 Å². The standard InChI is InChI=1S/C11H12O2S2/c1-14-11(15-2,9-5-3-7-12-9)10-6-4-8-13-10/h3-8H,1-2H3. The van der Waals surface area contributed by atoms with Crippen LogP contribution in [0.3, 0.4) is 0 Å². The van der Waals surface area contributed by atoms with Gasteiger partial charge in [0, 0.05) is 0 Å². The third-order valence-electron chi connectivity index (χ3n) is 2.27. The topological polar surface area (TPSA) is 26.3 Å². The minimum Gasteiger partial charge on any atom is -0.466 e. The second-order valence-corrected chi connectivity index (χ2v) is 5.28. The maximum atomic E-state index is 5.50. The molecule has 15 heavy (non-hydrogen) atoms. The van der Waals surface area contributed by atoms with Crippen molar-refractivity contribution in [2.24, 2.45) is 0 Å². The van der Waals surface area contributed by atoms with Gasteiger partial charge >= 0.3 is 0 Å². The Hall–Kier alpha value is -0.740. The monoisotopic (exact) mass is 240 g/mol. The van der Waals surface area contributed by atoms with Crippen molar-refractivity contribution in [2.45, 2.75) is 4.08 Å². The smallest absolute Gasteiger partial charge is 0.176 e. The van der Waals surface area contributed by atoms with Crippen molar-refractivity contribution in [2.75, 3.05) is 12.5 Å². The van der Waals surface area contributed by atoms with Crippen molar-refractivity contribution in [3.8, 4) is 0 Å². The van der Waals surface area contributed by atoms with Crippen LogP contribution in [-0.2, 0) is 4.08 Å². The molecule has 0 fully saturated rings. The molecule has 4 heteroatoms. The Bertz CT molecular complexity index is 352. The summed E-state index contributed by atoms with van der Waals surface area (Å²) in [6.45, 7) is 0. The van der Waals surface area contributed by atoms with Crippen LogP contribution < -0.4 is 0 Å². The van der Waals surface area contributed by atoms with Crippen molar-refractivity contribution in [3.63, 3.8) is 0 Å². The normalized spacial score (nSPS) is 11.9. The Kier molecular flexibility index (Phi) is 3.17. The van der Waals surface area contributed by atoms with E-state index in [0.717, 1.165) is 11.5 Å². The van der Waals surface area contributed by atoms with Crippen molar-refractivity contribution in [1.82, 2.24) is 0 Å². The average molecular weight is 240 g/mol. The number of rotatable bonds is 4. The summed E-state index contributed by atoms with van der Waals surface area (Å²) in [4.78, 5) is 0. The van der Waals surface area contributed by atoms with Crippen LogP contribution in [0.5, 0.6) is 0 Å². The Balaban J connectivity index is 2.50. The molecule has 0 aromatic carbocycles. The maximum absolute atomic E-state index is 5.50. The van der Waals surface area contributed by atoms with Crippen LogP contribution in [0.15, 0.2) is 45.6 Å². The highest BCUT2D eigenvalue weighted by Crippen LogP contribution is 2.49. The molecule has 0 bridgehead atoms. The summed E-state index contributed by atoms with van der Waals surface area (Å²) in [5, 5.41) is 0. The lowest BCUT2D eigenvalue weighted by molar-refractivity contribution is 0.458. The predicted octanol–water partition coefficient (Wildman–Crippen LogP) is 3.80. The van der Waals surface area contributed by atoms with E-state index in [0.29, 0.717) is 0 Å². The van der Waals surface area contributed by atoms with Gasteiger partial charge in [0.15, 0.2) is 4.08 Å². The molecule has 0 amide bonds. The molecular weight excluding hydrogens is 228 g/mol. The molecule has 2 aromatic rings. The summed E-state index contributed by atoms with van der Waals surface area (Å²) >= 11 is 3.42. The molecule has 0 aliphatic carbocycles. The minimum atomic E-state index is -0.271. The molecule has 0 aliphatic heterocycles. The molecule has 0 saturated carbocycles. The lowest BCUT2D eigenvalue weighted by Gasteiger charge is -2.25. The van der Waals surface area contributed by atoms with Gasteiger partial charge < -0.3 is 8.83 Å². The van der Waals surface area contributed by atoms with Gasteiger partial charge in [0.2, 0.25) is 0 Å². The Labute approximate surface area is 97.4 Å². The highest BCUT2D eigenvalue weighted by atomic mass is 32.2. The van der Waals surface area contributed by atoms with Gasteiger partial charge in [-0.15, -0.1) is 23.5 Å². The highest BCUT2D eigenvalue weighted by Gasteiger charge is 2.38. The van der Waals surface area contributed by atoms with Crippen LogP contribution in [0.4, 0.5) is 0 Å². The number of hydrogen-bond acceptors (Lipinski definition) is 4. The van der Waals surface area contributed by atoms with E-state index in [1.165, 1.54) is 0 Å². The molecule has 0 N–H and O–H groups in total. The van der Waals surface area contributed by atoms with Gasteiger partial charge in [-0.2, -0.15) is 0 Å². The number of thioether (sulfide) groups is 2. The van der Waals surface area contributed by atoms with Crippen molar-refractivity contribution < 1.29 is 8.83 Å². The quantitative estimate of drug-likeness (QED) is 0.759. The van der Waals surface area contributed by atoms with E-state index < -0.39 is 0 Å². The van der Waals surface area contributed by atoms with Crippen molar-refractivity contribution >= 4 is 23.5 Å². The zero-order valence-corrected chi connectivity index (χ0v) is 10.2. The first-order valence-corrected chi connectivity index (χ1v) is 6.96. The van der Waals surface area contributed by atoms with Gasteiger partial charge in [-0.25, -0.2) is 0 Å². The zero-order chi connectivity index (χ0) is 10.7. The van der Waals surface area contributed by atoms with Gasteiger partial charge in [0.1, 0.15) is 11.5 Å². The Morgan fingerprint density at radius 2 is 1.40 bits per heavy atom.